The second-order valence-corrected chi connectivity index (χ2v) is 6.13. The maximum Gasteiger partial charge on any atom is 0.261 e. The van der Waals surface area contributed by atoms with E-state index in [-0.39, 0.29) is 30.7 Å². The quantitative estimate of drug-likeness (QED) is 0.737. The van der Waals surface area contributed by atoms with Crippen LogP contribution in [0, 0.1) is 0 Å². The first-order valence-corrected chi connectivity index (χ1v) is 8.38. The SMILES string of the molecule is O=C(CCN1C(=O)c2ccccc2C1=O)Nc1cccc2ccccc12. The minimum Gasteiger partial charge on any atom is -0.325 e. The zero-order chi connectivity index (χ0) is 18.1. The number of benzene rings is 3. The Morgan fingerprint density at radius 3 is 2.15 bits per heavy atom. The third kappa shape index (κ3) is 2.73. The van der Waals surface area contributed by atoms with Crippen LogP contribution in [0.4, 0.5) is 5.69 Å². The molecular weight excluding hydrogens is 328 g/mol. The van der Waals surface area contributed by atoms with Gasteiger partial charge in [-0.25, -0.2) is 0 Å². The van der Waals surface area contributed by atoms with Gasteiger partial charge >= 0.3 is 0 Å². The molecule has 26 heavy (non-hydrogen) atoms. The van der Waals surface area contributed by atoms with Gasteiger partial charge in [-0.15, -0.1) is 0 Å². The fraction of sp³-hybridized carbons (Fsp3) is 0.0952. The molecule has 0 saturated carbocycles. The van der Waals surface area contributed by atoms with E-state index in [0.717, 1.165) is 21.4 Å². The van der Waals surface area contributed by atoms with Crippen LogP contribution in [0.3, 0.4) is 0 Å². The summed E-state index contributed by atoms with van der Waals surface area (Å²) in [5, 5.41) is 4.85. The summed E-state index contributed by atoms with van der Waals surface area (Å²) >= 11 is 0. The Balaban J connectivity index is 1.45. The van der Waals surface area contributed by atoms with Crippen molar-refractivity contribution in [2.45, 2.75) is 6.42 Å². The van der Waals surface area contributed by atoms with Gasteiger partial charge in [0.1, 0.15) is 0 Å². The van der Waals surface area contributed by atoms with Crippen LogP contribution in [-0.2, 0) is 4.79 Å². The number of hydrogen-bond donors (Lipinski definition) is 1. The molecule has 5 heteroatoms. The molecule has 128 valence electrons. The summed E-state index contributed by atoms with van der Waals surface area (Å²) in [6, 6.07) is 20.2. The van der Waals surface area contributed by atoms with Crippen molar-refractivity contribution < 1.29 is 14.4 Å². The molecule has 1 N–H and O–H groups in total. The Labute approximate surface area is 150 Å². The molecule has 4 rings (SSSR count). The Morgan fingerprint density at radius 1 is 0.808 bits per heavy atom. The first kappa shape index (κ1) is 16.0. The van der Waals surface area contributed by atoms with E-state index in [4.69, 9.17) is 0 Å². The number of rotatable bonds is 4. The lowest BCUT2D eigenvalue weighted by atomic mass is 10.1. The Morgan fingerprint density at radius 2 is 1.42 bits per heavy atom. The minimum absolute atomic E-state index is 0.0503. The number of fused-ring (bicyclic) bond motifs is 2. The summed E-state index contributed by atoms with van der Waals surface area (Å²) in [7, 11) is 0. The average Bonchev–Trinajstić information content (AvgIpc) is 2.91. The molecule has 1 aliphatic heterocycles. The summed E-state index contributed by atoms with van der Waals surface area (Å²) in [5.41, 5.74) is 1.51. The van der Waals surface area contributed by atoms with Gasteiger partial charge < -0.3 is 5.32 Å². The molecule has 0 atom stereocenters. The number of imide groups is 1. The van der Waals surface area contributed by atoms with Crippen LogP contribution in [0.1, 0.15) is 27.1 Å². The molecule has 3 aromatic carbocycles. The Hall–Kier alpha value is -3.47. The van der Waals surface area contributed by atoms with Crippen LogP contribution >= 0.6 is 0 Å². The summed E-state index contributed by atoms with van der Waals surface area (Å²) in [4.78, 5) is 38.1. The van der Waals surface area contributed by atoms with Gasteiger partial charge in [-0.1, -0.05) is 48.5 Å². The van der Waals surface area contributed by atoms with E-state index in [1.165, 1.54) is 0 Å². The van der Waals surface area contributed by atoms with E-state index < -0.39 is 0 Å². The van der Waals surface area contributed by atoms with E-state index in [1.54, 1.807) is 24.3 Å². The predicted molar refractivity (Wildman–Crippen MR) is 99.0 cm³/mol. The van der Waals surface area contributed by atoms with Crippen LogP contribution < -0.4 is 5.32 Å². The lowest BCUT2D eigenvalue weighted by Crippen LogP contribution is -2.32. The van der Waals surface area contributed by atoms with Crippen molar-refractivity contribution >= 4 is 34.2 Å². The standard InChI is InChI=1S/C21H16N2O3/c24-19(22-18-11-5-7-14-6-1-2-8-15(14)18)12-13-23-20(25)16-9-3-4-10-17(16)21(23)26/h1-11H,12-13H2,(H,22,24). The highest BCUT2D eigenvalue weighted by atomic mass is 16.2. The Kier molecular flexibility index (Phi) is 3.97. The number of carbonyl (C=O) groups excluding carboxylic acids is 3. The van der Waals surface area contributed by atoms with E-state index in [0.29, 0.717) is 11.1 Å². The molecule has 3 amide bonds. The molecule has 0 bridgehead atoms. The van der Waals surface area contributed by atoms with Gasteiger partial charge in [-0.3, -0.25) is 19.3 Å². The highest BCUT2D eigenvalue weighted by Gasteiger charge is 2.34. The smallest absolute Gasteiger partial charge is 0.261 e. The third-order valence-corrected chi connectivity index (χ3v) is 4.50. The lowest BCUT2D eigenvalue weighted by Gasteiger charge is -2.14. The number of anilines is 1. The van der Waals surface area contributed by atoms with E-state index in [9.17, 15) is 14.4 Å². The number of amides is 3. The minimum atomic E-state index is -0.344. The molecule has 0 spiro atoms. The molecule has 3 aromatic rings. The number of nitrogens with one attached hydrogen (secondary N) is 1. The molecule has 0 fully saturated rings. The summed E-state index contributed by atoms with van der Waals surface area (Å²) in [6.07, 6.45) is 0.0503. The first-order chi connectivity index (χ1) is 12.6. The summed E-state index contributed by atoms with van der Waals surface area (Å²) in [6.45, 7) is 0.0585. The van der Waals surface area contributed by atoms with Gasteiger partial charge in [0.2, 0.25) is 5.91 Å². The van der Waals surface area contributed by atoms with Gasteiger partial charge in [0, 0.05) is 24.0 Å². The average molecular weight is 344 g/mol. The molecular formula is C21H16N2O3. The molecule has 0 saturated heterocycles. The first-order valence-electron chi connectivity index (χ1n) is 8.38. The van der Waals surface area contributed by atoms with Crippen LogP contribution in [0.5, 0.6) is 0 Å². The lowest BCUT2D eigenvalue weighted by molar-refractivity contribution is -0.116. The van der Waals surface area contributed by atoms with Crippen molar-refractivity contribution in [3.8, 4) is 0 Å². The summed E-state index contributed by atoms with van der Waals surface area (Å²) in [5.74, 6) is -0.926. The zero-order valence-electron chi connectivity index (χ0n) is 13.9. The van der Waals surface area contributed by atoms with Gasteiger partial charge in [-0.05, 0) is 23.6 Å². The number of nitrogens with zero attached hydrogens (tertiary/aromatic N) is 1. The number of carbonyl (C=O) groups is 3. The fourth-order valence-corrected chi connectivity index (χ4v) is 3.20. The predicted octanol–water partition coefficient (Wildman–Crippen LogP) is 3.46. The largest absolute Gasteiger partial charge is 0.325 e. The molecule has 0 radical (unpaired) electrons. The van der Waals surface area contributed by atoms with Crippen molar-refractivity contribution in [1.29, 1.82) is 0 Å². The second kappa shape index (κ2) is 6.44. The molecule has 0 unspecified atom stereocenters. The van der Waals surface area contributed by atoms with Gasteiger partial charge in [-0.2, -0.15) is 0 Å². The number of hydrogen-bond acceptors (Lipinski definition) is 3. The molecule has 0 aliphatic carbocycles. The molecule has 0 aromatic heterocycles. The second-order valence-electron chi connectivity index (χ2n) is 6.13. The van der Waals surface area contributed by atoms with Gasteiger partial charge in [0.15, 0.2) is 0 Å². The normalized spacial score (nSPS) is 13.2. The van der Waals surface area contributed by atoms with E-state index in [2.05, 4.69) is 5.32 Å². The van der Waals surface area contributed by atoms with Crippen LogP contribution in [0.25, 0.3) is 10.8 Å². The van der Waals surface area contributed by atoms with E-state index >= 15 is 0 Å². The zero-order valence-corrected chi connectivity index (χ0v) is 13.9. The maximum atomic E-state index is 12.3. The highest BCUT2D eigenvalue weighted by molar-refractivity contribution is 6.21. The van der Waals surface area contributed by atoms with Crippen molar-refractivity contribution in [2.75, 3.05) is 11.9 Å². The van der Waals surface area contributed by atoms with Crippen LogP contribution in [0.15, 0.2) is 66.7 Å². The van der Waals surface area contributed by atoms with Crippen molar-refractivity contribution in [2.24, 2.45) is 0 Å². The Bertz CT molecular complexity index is 1000. The maximum absolute atomic E-state index is 12.3. The van der Waals surface area contributed by atoms with E-state index in [1.807, 2.05) is 42.5 Å². The van der Waals surface area contributed by atoms with Crippen LogP contribution in [0.2, 0.25) is 0 Å². The highest BCUT2D eigenvalue weighted by Crippen LogP contribution is 2.24. The van der Waals surface area contributed by atoms with Crippen molar-refractivity contribution in [3.05, 3.63) is 77.9 Å². The van der Waals surface area contributed by atoms with Crippen molar-refractivity contribution in [1.82, 2.24) is 4.90 Å². The topological polar surface area (TPSA) is 66.5 Å². The van der Waals surface area contributed by atoms with Crippen LogP contribution in [-0.4, -0.2) is 29.2 Å². The summed E-state index contributed by atoms with van der Waals surface area (Å²) < 4.78 is 0. The molecule has 5 nitrogen and oxygen atoms in total. The molecule has 1 heterocycles. The molecule has 1 aliphatic rings. The monoisotopic (exact) mass is 344 g/mol. The van der Waals surface area contributed by atoms with Gasteiger partial charge in [0.05, 0.1) is 11.1 Å². The van der Waals surface area contributed by atoms with Crippen molar-refractivity contribution in [3.63, 3.8) is 0 Å². The fourth-order valence-electron chi connectivity index (χ4n) is 3.20. The van der Waals surface area contributed by atoms with Gasteiger partial charge in [0.25, 0.3) is 11.8 Å². The third-order valence-electron chi connectivity index (χ3n) is 4.50.